The van der Waals surface area contributed by atoms with Crippen molar-refractivity contribution in [2.75, 3.05) is 19.9 Å². The summed E-state index contributed by atoms with van der Waals surface area (Å²) in [5.74, 6) is 0.0421. The molecule has 5 heteroatoms. The maximum absolute atomic E-state index is 11.7. The van der Waals surface area contributed by atoms with Crippen LogP contribution in [0.4, 0.5) is 0 Å². The molecule has 2 aromatic carbocycles. The third-order valence-corrected chi connectivity index (χ3v) is 5.50. The van der Waals surface area contributed by atoms with Gasteiger partial charge in [-0.15, -0.1) is 11.8 Å². The van der Waals surface area contributed by atoms with Crippen LogP contribution < -0.4 is 4.74 Å². The first-order chi connectivity index (χ1) is 12.1. The van der Waals surface area contributed by atoms with E-state index < -0.39 is 12.0 Å². The van der Waals surface area contributed by atoms with Crippen molar-refractivity contribution < 1.29 is 14.6 Å². The second kappa shape index (κ2) is 7.93. The lowest BCUT2D eigenvalue weighted by Gasteiger charge is -2.32. The zero-order valence-corrected chi connectivity index (χ0v) is 15.3. The Kier molecular flexibility index (Phi) is 5.66. The maximum Gasteiger partial charge on any atom is 0.320 e. The van der Waals surface area contributed by atoms with Gasteiger partial charge in [-0.2, -0.15) is 0 Å². The molecule has 4 nitrogen and oxygen atoms in total. The topological polar surface area (TPSA) is 49.8 Å². The van der Waals surface area contributed by atoms with Crippen molar-refractivity contribution in [1.82, 2.24) is 4.90 Å². The van der Waals surface area contributed by atoms with Gasteiger partial charge in [0.15, 0.2) is 0 Å². The number of thioether (sulfide) groups is 1. The van der Waals surface area contributed by atoms with Gasteiger partial charge in [-0.3, -0.25) is 9.69 Å². The van der Waals surface area contributed by atoms with E-state index in [2.05, 4.69) is 35.4 Å². The molecule has 1 saturated heterocycles. The highest BCUT2D eigenvalue weighted by Crippen LogP contribution is 2.36. The fourth-order valence-corrected chi connectivity index (χ4v) is 3.94. The molecular formula is C20H23NO3S. The van der Waals surface area contributed by atoms with Crippen LogP contribution in [0.25, 0.3) is 0 Å². The summed E-state index contributed by atoms with van der Waals surface area (Å²) < 4.78 is 5.38. The minimum Gasteiger partial charge on any atom is -0.497 e. The molecule has 2 unspecified atom stereocenters. The molecule has 0 saturated carbocycles. The zero-order chi connectivity index (χ0) is 17.8. The van der Waals surface area contributed by atoms with Crippen molar-refractivity contribution in [3.05, 3.63) is 59.7 Å². The van der Waals surface area contributed by atoms with Gasteiger partial charge in [-0.05, 0) is 54.5 Å². The first-order valence-electron chi connectivity index (χ1n) is 8.40. The van der Waals surface area contributed by atoms with Gasteiger partial charge < -0.3 is 9.84 Å². The Bertz CT molecular complexity index is 732. The normalized spacial score (nSPS) is 18.9. The Labute approximate surface area is 152 Å². The van der Waals surface area contributed by atoms with Gasteiger partial charge in [0.2, 0.25) is 0 Å². The van der Waals surface area contributed by atoms with E-state index in [-0.39, 0.29) is 6.04 Å². The van der Waals surface area contributed by atoms with E-state index >= 15 is 0 Å². The summed E-state index contributed by atoms with van der Waals surface area (Å²) in [4.78, 5) is 15.0. The van der Waals surface area contributed by atoms with Crippen LogP contribution in [0.5, 0.6) is 5.75 Å². The number of carbonyl (C=O) groups is 1. The summed E-state index contributed by atoms with van der Waals surface area (Å²) in [5.41, 5.74) is 2.17. The molecule has 2 atom stereocenters. The number of carboxylic acids is 1. The van der Waals surface area contributed by atoms with E-state index in [4.69, 9.17) is 4.74 Å². The van der Waals surface area contributed by atoms with Crippen LogP contribution in [0.2, 0.25) is 0 Å². The fourth-order valence-electron chi connectivity index (χ4n) is 3.54. The summed E-state index contributed by atoms with van der Waals surface area (Å²) >= 11 is 1.70. The average Bonchev–Trinajstić information content (AvgIpc) is 3.12. The van der Waals surface area contributed by atoms with Gasteiger partial charge >= 0.3 is 5.97 Å². The summed E-state index contributed by atoms with van der Waals surface area (Å²) in [6, 6.07) is 15.8. The SMILES string of the molecule is COc1cccc(C(c2ccc(SC)cc2)N2CCCC2C(=O)O)c1. The van der Waals surface area contributed by atoms with E-state index in [0.29, 0.717) is 6.42 Å². The molecule has 1 heterocycles. The van der Waals surface area contributed by atoms with Crippen molar-refractivity contribution in [2.24, 2.45) is 0 Å². The summed E-state index contributed by atoms with van der Waals surface area (Å²) in [6.45, 7) is 0.781. The molecule has 2 aromatic rings. The van der Waals surface area contributed by atoms with E-state index in [1.54, 1.807) is 18.9 Å². The molecule has 1 aliphatic heterocycles. The van der Waals surface area contributed by atoms with Crippen LogP contribution in [0.1, 0.15) is 30.0 Å². The van der Waals surface area contributed by atoms with Crippen molar-refractivity contribution in [3.63, 3.8) is 0 Å². The Morgan fingerprint density at radius 3 is 2.64 bits per heavy atom. The molecule has 0 aromatic heterocycles. The highest BCUT2D eigenvalue weighted by Gasteiger charge is 2.36. The number of nitrogens with zero attached hydrogens (tertiary/aromatic N) is 1. The Morgan fingerprint density at radius 2 is 2.00 bits per heavy atom. The highest BCUT2D eigenvalue weighted by molar-refractivity contribution is 7.98. The van der Waals surface area contributed by atoms with E-state index in [1.165, 1.54) is 4.90 Å². The molecule has 0 spiro atoms. The predicted molar refractivity (Wildman–Crippen MR) is 100 cm³/mol. The van der Waals surface area contributed by atoms with Crippen LogP contribution in [0.15, 0.2) is 53.4 Å². The second-order valence-electron chi connectivity index (χ2n) is 6.19. The number of benzene rings is 2. The molecule has 25 heavy (non-hydrogen) atoms. The van der Waals surface area contributed by atoms with Gasteiger partial charge in [0.1, 0.15) is 11.8 Å². The molecular weight excluding hydrogens is 334 g/mol. The molecule has 0 aliphatic carbocycles. The first-order valence-corrected chi connectivity index (χ1v) is 9.63. The average molecular weight is 357 g/mol. The van der Waals surface area contributed by atoms with Gasteiger partial charge in [-0.1, -0.05) is 24.3 Å². The van der Waals surface area contributed by atoms with Crippen molar-refractivity contribution >= 4 is 17.7 Å². The second-order valence-corrected chi connectivity index (χ2v) is 7.07. The summed E-state index contributed by atoms with van der Waals surface area (Å²) in [7, 11) is 1.65. The van der Waals surface area contributed by atoms with Gasteiger partial charge in [0.25, 0.3) is 0 Å². The van der Waals surface area contributed by atoms with Crippen LogP contribution in [-0.2, 0) is 4.79 Å². The van der Waals surface area contributed by atoms with Gasteiger partial charge in [-0.25, -0.2) is 0 Å². The number of likely N-dealkylation sites (tertiary alicyclic amines) is 1. The molecule has 0 radical (unpaired) electrons. The molecule has 1 fully saturated rings. The van der Waals surface area contributed by atoms with E-state index in [1.807, 2.05) is 24.3 Å². The number of hydrogen-bond acceptors (Lipinski definition) is 4. The van der Waals surface area contributed by atoms with Crippen molar-refractivity contribution in [1.29, 1.82) is 0 Å². The predicted octanol–water partition coefficient (Wildman–Crippen LogP) is 4.06. The zero-order valence-electron chi connectivity index (χ0n) is 14.5. The smallest absolute Gasteiger partial charge is 0.320 e. The fraction of sp³-hybridized carbons (Fsp3) is 0.350. The van der Waals surface area contributed by atoms with Gasteiger partial charge in [0.05, 0.1) is 13.2 Å². The monoisotopic (exact) mass is 357 g/mol. The Hall–Kier alpha value is -1.98. The number of aliphatic carboxylic acids is 1. The quantitative estimate of drug-likeness (QED) is 0.790. The number of rotatable bonds is 6. The first kappa shape index (κ1) is 17.8. The van der Waals surface area contributed by atoms with Gasteiger partial charge in [0, 0.05) is 11.4 Å². The lowest BCUT2D eigenvalue weighted by molar-refractivity contribution is -0.142. The van der Waals surface area contributed by atoms with E-state index in [9.17, 15) is 9.90 Å². The molecule has 1 aliphatic rings. The molecule has 132 valence electrons. The maximum atomic E-state index is 11.7. The van der Waals surface area contributed by atoms with Crippen LogP contribution >= 0.6 is 11.8 Å². The molecule has 1 N–H and O–H groups in total. The van der Waals surface area contributed by atoms with Crippen LogP contribution in [0.3, 0.4) is 0 Å². The number of ether oxygens (including phenoxy) is 1. The standard InChI is InChI=1S/C20H23NO3S/c1-24-16-6-3-5-15(13-16)19(14-8-10-17(25-2)11-9-14)21-12-4-7-18(21)20(22)23/h3,5-6,8-11,13,18-19H,4,7,12H2,1-2H3,(H,22,23). The minimum absolute atomic E-state index is 0.0883. The largest absolute Gasteiger partial charge is 0.497 e. The number of carboxylic acid groups (broad SMARTS) is 1. The highest BCUT2D eigenvalue weighted by atomic mass is 32.2. The molecule has 3 rings (SSSR count). The third-order valence-electron chi connectivity index (χ3n) is 4.75. The van der Waals surface area contributed by atoms with Crippen molar-refractivity contribution in [2.45, 2.75) is 29.8 Å². The Morgan fingerprint density at radius 1 is 1.24 bits per heavy atom. The number of methoxy groups -OCH3 is 1. The molecule has 0 bridgehead atoms. The third kappa shape index (κ3) is 3.83. The lowest BCUT2D eigenvalue weighted by Crippen LogP contribution is -2.39. The number of hydrogen-bond donors (Lipinski definition) is 1. The summed E-state index contributed by atoms with van der Waals surface area (Å²) in [5, 5.41) is 9.64. The Balaban J connectivity index is 2.05. The van der Waals surface area contributed by atoms with Crippen LogP contribution in [0, 0.1) is 0 Å². The summed E-state index contributed by atoms with van der Waals surface area (Å²) in [6.07, 6.45) is 3.65. The molecule has 0 amide bonds. The minimum atomic E-state index is -0.744. The van der Waals surface area contributed by atoms with Crippen molar-refractivity contribution in [3.8, 4) is 5.75 Å². The van der Waals surface area contributed by atoms with E-state index in [0.717, 1.165) is 29.8 Å². The lowest BCUT2D eigenvalue weighted by atomic mass is 9.96. The van der Waals surface area contributed by atoms with Crippen LogP contribution in [-0.4, -0.2) is 41.9 Å².